The zero-order valence-corrected chi connectivity index (χ0v) is 4.57. The minimum absolute atomic E-state index is 0.126. The van der Waals surface area contributed by atoms with Gasteiger partial charge in [-0.2, -0.15) is 0 Å². The van der Waals surface area contributed by atoms with E-state index in [1.807, 2.05) is 0 Å². The highest BCUT2D eigenvalue weighted by Gasteiger charge is 2.28. The van der Waals surface area contributed by atoms with Crippen molar-refractivity contribution in [2.45, 2.75) is 0 Å². The first-order chi connectivity index (χ1) is 4.25. The van der Waals surface area contributed by atoms with Gasteiger partial charge < -0.3 is 5.11 Å². The minimum atomic E-state index is -0.650. The Morgan fingerprint density at radius 1 is 1.67 bits per heavy atom. The maximum Gasteiger partial charge on any atom is 0.348 e. The van der Waals surface area contributed by atoms with Crippen LogP contribution < -0.4 is 5.32 Å². The van der Waals surface area contributed by atoms with Gasteiger partial charge in [0.15, 0.2) is 0 Å². The number of amides is 3. The summed E-state index contributed by atoms with van der Waals surface area (Å²) in [7, 11) is 0. The van der Waals surface area contributed by atoms with Gasteiger partial charge in [-0.15, -0.1) is 0 Å². The summed E-state index contributed by atoms with van der Waals surface area (Å²) in [5.41, 5.74) is 0. The van der Waals surface area contributed by atoms with Crippen molar-refractivity contribution in [2.24, 2.45) is 0 Å². The second-order valence-electron chi connectivity index (χ2n) is 1.56. The molecule has 0 aromatic carbocycles. The average Bonchev–Trinajstić information content (AvgIpc) is 2.12. The van der Waals surface area contributed by atoms with Gasteiger partial charge in [0, 0.05) is 0 Å². The molecule has 0 atom stereocenters. The average molecular weight is 129 g/mol. The Hall–Kier alpha value is -1.10. The Kier molecular flexibility index (Phi) is 1.35. The van der Waals surface area contributed by atoms with Gasteiger partial charge in [-0.3, -0.25) is 4.79 Å². The van der Waals surface area contributed by atoms with E-state index in [1.54, 1.807) is 0 Å². The van der Waals surface area contributed by atoms with Crippen LogP contribution in [0.1, 0.15) is 0 Å². The van der Waals surface area contributed by atoms with E-state index in [9.17, 15) is 9.59 Å². The van der Waals surface area contributed by atoms with E-state index >= 15 is 0 Å². The summed E-state index contributed by atoms with van der Waals surface area (Å²) in [5, 5.41) is 11.6. The van der Waals surface area contributed by atoms with E-state index in [-0.39, 0.29) is 6.54 Å². The highest BCUT2D eigenvalue weighted by molar-refractivity contribution is 6.01. The van der Waals surface area contributed by atoms with Crippen LogP contribution in [0.5, 0.6) is 0 Å². The van der Waals surface area contributed by atoms with E-state index in [2.05, 4.69) is 5.32 Å². The molecular formula is C4H5N2O3. The van der Waals surface area contributed by atoms with Crippen molar-refractivity contribution in [3.8, 4) is 0 Å². The molecule has 1 N–H and O–H groups in total. The molecule has 0 spiro atoms. The van der Waals surface area contributed by atoms with E-state index < -0.39 is 18.7 Å². The Labute approximate surface area is 51.3 Å². The predicted octanol–water partition coefficient (Wildman–Crippen LogP) is -1.50. The summed E-state index contributed by atoms with van der Waals surface area (Å²) in [6.45, 7) is -0.694. The Balaban J connectivity index is 2.66. The van der Waals surface area contributed by atoms with Crippen LogP contribution in [-0.2, 0) is 4.79 Å². The van der Waals surface area contributed by atoms with Crippen LogP contribution in [-0.4, -0.2) is 35.2 Å². The molecule has 1 aliphatic rings. The van der Waals surface area contributed by atoms with Crippen LogP contribution in [0, 0.1) is 0 Å². The summed E-state index contributed by atoms with van der Waals surface area (Å²) in [6, 6.07) is -0.650. The highest BCUT2D eigenvalue weighted by Crippen LogP contribution is 1.96. The maximum atomic E-state index is 10.5. The summed E-state index contributed by atoms with van der Waals surface area (Å²) in [5.74, 6) is -0.442. The lowest BCUT2D eigenvalue weighted by molar-refractivity contribution is -0.127. The fourth-order valence-electron chi connectivity index (χ4n) is 0.552. The molecule has 3 amide bonds. The van der Waals surface area contributed by atoms with Gasteiger partial charge in [0.2, 0.25) is 0 Å². The third-order valence-corrected chi connectivity index (χ3v) is 1.02. The quantitative estimate of drug-likeness (QED) is 0.438. The normalized spacial score (nSPS) is 18.6. The Bertz CT molecular complexity index is 140. The first kappa shape index (κ1) is 6.03. The fraction of sp³-hybridized carbons (Fsp3) is 0.500. The third-order valence-electron chi connectivity index (χ3n) is 1.02. The van der Waals surface area contributed by atoms with Crippen molar-refractivity contribution in [1.82, 2.24) is 10.2 Å². The molecule has 1 saturated heterocycles. The van der Waals surface area contributed by atoms with Crippen molar-refractivity contribution in [2.75, 3.05) is 13.3 Å². The van der Waals surface area contributed by atoms with Gasteiger partial charge in [-0.1, -0.05) is 0 Å². The van der Waals surface area contributed by atoms with E-state index in [0.717, 1.165) is 0 Å². The molecule has 1 heterocycles. The number of aliphatic hydroxyl groups is 1. The molecule has 0 aliphatic carbocycles. The number of carbonyl (C=O) groups is 2. The van der Waals surface area contributed by atoms with Crippen LogP contribution in [0.3, 0.4) is 0 Å². The van der Waals surface area contributed by atoms with E-state index in [0.29, 0.717) is 4.90 Å². The van der Waals surface area contributed by atoms with Crippen molar-refractivity contribution in [1.29, 1.82) is 0 Å². The highest BCUT2D eigenvalue weighted by atomic mass is 16.3. The molecule has 0 saturated carbocycles. The van der Waals surface area contributed by atoms with Crippen molar-refractivity contribution in [3.63, 3.8) is 0 Å². The molecule has 49 valence electrons. The second-order valence-corrected chi connectivity index (χ2v) is 1.56. The largest absolute Gasteiger partial charge is 0.376 e. The number of nitrogens with zero attached hydrogens (tertiary/aromatic N) is 2. The van der Waals surface area contributed by atoms with Gasteiger partial charge in [-0.25, -0.2) is 15.0 Å². The van der Waals surface area contributed by atoms with E-state index in [4.69, 9.17) is 5.11 Å². The Morgan fingerprint density at radius 3 is 2.56 bits per heavy atom. The van der Waals surface area contributed by atoms with Gasteiger partial charge in [-0.05, 0) is 0 Å². The number of rotatable bonds is 1. The van der Waals surface area contributed by atoms with Crippen LogP contribution >= 0.6 is 0 Å². The smallest absolute Gasteiger partial charge is 0.348 e. The SMILES string of the molecule is O=C1C[N]C(=O)N1CO. The fourth-order valence-corrected chi connectivity index (χ4v) is 0.552. The number of hydrogen-bond donors (Lipinski definition) is 1. The minimum Gasteiger partial charge on any atom is -0.376 e. The summed E-state index contributed by atoms with van der Waals surface area (Å²) >= 11 is 0. The van der Waals surface area contributed by atoms with Crippen molar-refractivity contribution in [3.05, 3.63) is 0 Å². The lowest BCUT2D eigenvalue weighted by Gasteiger charge is -2.04. The molecule has 1 rings (SSSR count). The monoisotopic (exact) mass is 129 g/mol. The zero-order valence-electron chi connectivity index (χ0n) is 4.57. The molecule has 1 fully saturated rings. The molecule has 0 bridgehead atoms. The van der Waals surface area contributed by atoms with Crippen LogP contribution in [0.15, 0.2) is 0 Å². The number of urea groups is 1. The first-order valence-corrected chi connectivity index (χ1v) is 2.38. The standard InChI is InChI=1S/C4H5N2O3/c7-2-6-3(8)1-5-4(6)9/h7H,1-2H2. The van der Waals surface area contributed by atoms with Crippen molar-refractivity contribution < 1.29 is 14.7 Å². The summed E-state index contributed by atoms with van der Waals surface area (Å²) in [6.07, 6.45) is 0. The molecule has 0 unspecified atom stereocenters. The predicted molar refractivity (Wildman–Crippen MR) is 26.3 cm³/mol. The first-order valence-electron chi connectivity index (χ1n) is 2.38. The zero-order chi connectivity index (χ0) is 6.85. The number of imide groups is 1. The van der Waals surface area contributed by atoms with Gasteiger partial charge in [0.05, 0.1) is 0 Å². The lowest BCUT2D eigenvalue weighted by Crippen LogP contribution is -2.30. The second kappa shape index (κ2) is 2.02. The lowest BCUT2D eigenvalue weighted by atomic mass is 10.6. The summed E-state index contributed by atoms with van der Waals surface area (Å²) < 4.78 is 0. The van der Waals surface area contributed by atoms with Crippen molar-refractivity contribution >= 4 is 11.9 Å². The molecule has 5 nitrogen and oxygen atoms in total. The molecular weight excluding hydrogens is 124 g/mol. The number of hydrogen-bond acceptors (Lipinski definition) is 3. The van der Waals surface area contributed by atoms with Crippen LogP contribution in [0.4, 0.5) is 4.79 Å². The van der Waals surface area contributed by atoms with Crippen LogP contribution in [0.2, 0.25) is 0 Å². The van der Waals surface area contributed by atoms with E-state index in [1.165, 1.54) is 0 Å². The molecule has 1 aliphatic heterocycles. The summed E-state index contributed by atoms with van der Waals surface area (Å²) in [4.78, 5) is 21.5. The van der Waals surface area contributed by atoms with Gasteiger partial charge >= 0.3 is 6.03 Å². The third kappa shape index (κ3) is 0.857. The van der Waals surface area contributed by atoms with Gasteiger partial charge in [0.1, 0.15) is 13.3 Å². The molecule has 9 heavy (non-hydrogen) atoms. The number of carbonyl (C=O) groups excluding carboxylic acids is 2. The number of aliphatic hydroxyl groups excluding tert-OH is 1. The molecule has 0 aromatic rings. The van der Waals surface area contributed by atoms with Gasteiger partial charge in [0.25, 0.3) is 5.91 Å². The van der Waals surface area contributed by atoms with Crippen LogP contribution in [0.25, 0.3) is 0 Å². The topological polar surface area (TPSA) is 71.7 Å². The Morgan fingerprint density at radius 2 is 2.33 bits per heavy atom. The maximum absolute atomic E-state index is 10.5. The molecule has 1 radical (unpaired) electrons. The molecule has 5 heteroatoms. The molecule has 0 aromatic heterocycles.